The molecule has 1 N–H and O–H groups in total. The van der Waals surface area contributed by atoms with E-state index in [4.69, 9.17) is 4.74 Å². The average molecular weight is 538 g/mol. The predicted molar refractivity (Wildman–Crippen MR) is 109 cm³/mol. The molecular weight excluding hydrogens is 525 g/mol. The van der Waals surface area contributed by atoms with Crippen LogP contribution < -0.4 is 5.32 Å². The number of imide groups is 1. The number of nitrogens with zero attached hydrogens (tertiary/aromatic N) is 1. The first-order valence-corrected chi connectivity index (χ1v) is 10.6. The second kappa shape index (κ2) is 10.2. The molecule has 1 fully saturated rings. The molecule has 0 saturated carbocycles. The summed E-state index contributed by atoms with van der Waals surface area (Å²) in [4.78, 5) is 49.3. The number of halogens is 7. The minimum Gasteiger partial charge on any atom is -0.452 e. The SMILES string of the molecule is CN1C(=O)CC(Sc2ccccc2C(=O)OCC(=O)Nc2c(F)c(F)c(C(F)(F)F)c(F)c2F)C1=O. The van der Waals surface area contributed by atoms with Crippen molar-refractivity contribution in [2.45, 2.75) is 22.7 Å². The van der Waals surface area contributed by atoms with E-state index < -0.39 is 76.2 Å². The first kappa shape index (κ1) is 27.0. The lowest BCUT2D eigenvalue weighted by Crippen LogP contribution is -2.26. The number of rotatable bonds is 6. The standard InChI is InChI=1S/C21H13F7N2O5S/c1-30-12(32)6-10(19(30)33)36-9-5-3-2-4-8(9)20(34)35-7-11(31)29-18-16(24)14(22)13(21(26,27)28)15(23)17(18)25/h2-5,10H,6-7H2,1H3,(H,29,31). The zero-order valence-corrected chi connectivity index (χ0v) is 18.7. The van der Waals surface area contributed by atoms with Crippen molar-refractivity contribution in [2.75, 3.05) is 19.0 Å². The Kier molecular flexibility index (Phi) is 7.62. The second-order valence-electron chi connectivity index (χ2n) is 7.23. The molecule has 1 aliphatic rings. The van der Waals surface area contributed by atoms with Crippen molar-refractivity contribution in [3.63, 3.8) is 0 Å². The molecule has 0 aliphatic carbocycles. The summed E-state index contributed by atoms with van der Waals surface area (Å²) in [6.07, 6.45) is -5.88. The quantitative estimate of drug-likeness (QED) is 0.260. The number of hydrogen-bond acceptors (Lipinski definition) is 6. The molecule has 15 heteroatoms. The van der Waals surface area contributed by atoms with E-state index in [2.05, 4.69) is 0 Å². The number of benzene rings is 2. The van der Waals surface area contributed by atoms with Crippen LogP contribution in [0.25, 0.3) is 0 Å². The van der Waals surface area contributed by atoms with Gasteiger partial charge < -0.3 is 10.1 Å². The summed E-state index contributed by atoms with van der Waals surface area (Å²) in [5.41, 5.74) is -4.80. The summed E-state index contributed by atoms with van der Waals surface area (Å²) in [6, 6.07) is 5.60. The number of carbonyl (C=O) groups excluding carboxylic acids is 4. The van der Waals surface area contributed by atoms with Gasteiger partial charge in [-0.3, -0.25) is 19.3 Å². The Labute approximate surface area is 201 Å². The Bertz CT molecular complexity index is 1240. The molecule has 2 aromatic carbocycles. The summed E-state index contributed by atoms with van der Waals surface area (Å²) in [5.74, 6) is -14.2. The fourth-order valence-corrected chi connectivity index (χ4v) is 4.31. The maximum atomic E-state index is 13.9. The van der Waals surface area contributed by atoms with Gasteiger partial charge >= 0.3 is 12.1 Å². The van der Waals surface area contributed by atoms with E-state index in [0.29, 0.717) is 0 Å². The highest BCUT2D eigenvalue weighted by Crippen LogP contribution is 2.38. The summed E-state index contributed by atoms with van der Waals surface area (Å²) in [6.45, 7) is -1.25. The number of esters is 1. The van der Waals surface area contributed by atoms with Crippen molar-refractivity contribution in [1.82, 2.24) is 4.90 Å². The molecular formula is C21H13F7N2O5S. The van der Waals surface area contributed by atoms with Gasteiger partial charge in [0.05, 0.1) is 10.8 Å². The van der Waals surface area contributed by atoms with Crippen LogP contribution >= 0.6 is 11.8 Å². The molecule has 7 nitrogen and oxygen atoms in total. The molecule has 0 spiro atoms. The highest BCUT2D eigenvalue weighted by atomic mass is 32.2. The molecule has 3 amide bonds. The summed E-state index contributed by atoms with van der Waals surface area (Å²) >= 11 is 0.881. The van der Waals surface area contributed by atoms with E-state index in [1.54, 1.807) is 0 Å². The predicted octanol–water partition coefficient (Wildman–Crippen LogP) is 3.91. The Morgan fingerprint density at radius 3 is 2.17 bits per heavy atom. The lowest BCUT2D eigenvalue weighted by molar-refractivity contribution is -0.143. The topological polar surface area (TPSA) is 92.8 Å². The number of carbonyl (C=O) groups is 4. The van der Waals surface area contributed by atoms with Crippen molar-refractivity contribution in [1.29, 1.82) is 0 Å². The van der Waals surface area contributed by atoms with Gasteiger partial charge in [-0.25, -0.2) is 22.4 Å². The largest absolute Gasteiger partial charge is 0.452 e. The van der Waals surface area contributed by atoms with Crippen LogP contribution in [0.5, 0.6) is 0 Å². The summed E-state index contributed by atoms with van der Waals surface area (Å²) < 4.78 is 97.9. The van der Waals surface area contributed by atoms with Gasteiger partial charge in [-0.2, -0.15) is 13.2 Å². The maximum absolute atomic E-state index is 13.9. The van der Waals surface area contributed by atoms with E-state index in [-0.39, 0.29) is 16.9 Å². The molecule has 36 heavy (non-hydrogen) atoms. The van der Waals surface area contributed by atoms with Crippen LogP contribution in [0.2, 0.25) is 0 Å². The number of nitrogens with one attached hydrogen (secondary N) is 1. The molecule has 1 aliphatic heterocycles. The third-order valence-corrected chi connectivity index (χ3v) is 6.12. The second-order valence-corrected chi connectivity index (χ2v) is 8.47. The van der Waals surface area contributed by atoms with Crippen LogP contribution in [0.3, 0.4) is 0 Å². The van der Waals surface area contributed by atoms with Crippen LogP contribution in [-0.4, -0.2) is 47.5 Å². The smallest absolute Gasteiger partial charge is 0.422 e. The van der Waals surface area contributed by atoms with Crippen molar-refractivity contribution in [3.05, 3.63) is 58.7 Å². The minimum absolute atomic E-state index is 0.122. The lowest BCUT2D eigenvalue weighted by Gasteiger charge is -2.15. The number of anilines is 1. The molecule has 1 heterocycles. The number of thioether (sulfide) groups is 1. The molecule has 0 radical (unpaired) electrons. The van der Waals surface area contributed by atoms with Crippen LogP contribution in [0, 0.1) is 23.3 Å². The molecule has 3 rings (SSSR count). The Hall–Kier alpha value is -3.62. The van der Waals surface area contributed by atoms with E-state index >= 15 is 0 Å². The monoisotopic (exact) mass is 538 g/mol. The highest BCUT2D eigenvalue weighted by molar-refractivity contribution is 8.00. The third kappa shape index (κ3) is 5.29. The fourth-order valence-electron chi connectivity index (χ4n) is 3.08. The summed E-state index contributed by atoms with van der Waals surface area (Å²) in [5, 5.41) is 0.504. The van der Waals surface area contributed by atoms with Crippen molar-refractivity contribution < 1.29 is 54.6 Å². The van der Waals surface area contributed by atoms with Crippen molar-refractivity contribution in [2.24, 2.45) is 0 Å². The fraction of sp³-hybridized carbons (Fsp3) is 0.238. The summed E-state index contributed by atoms with van der Waals surface area (Å²) in [7, 11) is 1.30. The van der Waals surface area contributed by atoms with E-state index in [0.717, 1.165) is 16.7 Å². The van der Waals surface area contributed by atoms with E-state index in [1.165, 1.54) is 36.6 Å². The molecule has 1 atom stereocenters. The molecule has 1 unspecified atom stereocenters. The molecule has 0 aromatic heterocycles. The van der Waals surface area contributed by atoms with Crippen molar-refractivity contribution >= 4 is 41.1 Å². The number of ether oxygens (including phenoxy) is 1. The van der Waals surface area contributed by atoms with Crippen LogP contribution in [0.1, 0.15) is 22.3 Å². The van der Waals surface area contributed by atoms with Gasteiger partial charge in [0.15, 0.2) is 29.9 Å². The van der Waals surface area contributed by atoms with Crippen LogP contribution in [-0.2, 0) is 25.3 Å². The Morgan fingerprint density at radius 2 is 1.64 bits per heavy atom. The van der Waals surface area contributed by atoms with E-state index in [9.17, 15) is 49.9 Å². The van der Waals surface area contributed by atoms with Gasteiger partial charge in [0, 0.05) is 18.4 Å². The molecule has 1 saturated heterocycles. The zero-order chi connectivity index (χ0) is 26.9. The normalized spacial score (nSPS) is 15.9. The zero-order valence-electron chi connectivity index (χ0n) is 17.8. The first-order chi connectivity index (χ1) is 16.7. The van der Waals surface area contributed by atoms with E-state index in [1.807, 2.05) is 0 Å². The van der Waals surface area contributed by atoms with Crippen LogP contribution in [0.15, 0.2) is 29.2 Å². The minimum atomic E-state index is -5.76. The van der Waals surface area contributed by atoms with Gasteiger partial charge in [-0.05, 0) is 12.1 Å². The van der Waals surface area contributed by atoms with Gasteiger partial charge in [0.2, 0.25) is 11.8 Å². The van der Waals surface area contributed by atoms with Gasteiger partial charge in [0.25, 0.3) is 5.91 Å². The Morgan fingerprint density at radius 1 is 1.06 bits per heavy atom. The Balaban J connectivity index is 1.72. The van der Waals surface area contributed by atoms with Crippen molar-refractivity contribution in [3.8, 4) is 0 Å². The van der Waals surface area contributed by atoms with Gasteiger partial charge in [-0.1, -0.05) is 12.1 Å². The molecule has 2 aromatic rings. The van der Waals surface area contributed by atoms with Crippen LogP contribution in [0.4, 0.5) is 36.4 Å². The van der Waals surface area contributed by atoms with Gasteiger partial charge in [-0.15, -0.1) is 11.8 Å². The number of hydrogen-bond donors (Lipinski definition) is 1. The number of amides is 3. The lowest BCUT2D eigenvalue weighted by atomic mass is 10.1. The third-order valence-electron chi connectivity index (χ3n) is 4.86. The maximum Gasteiger partial charge on any atom is 0.422 e. The molecule has 0 bridgehead atoms. The number of likely N-dealkylation sites (tertiary alicyclic amines) is 1. The molecule has 192 valence electrons. The highest BCUT2D eigenvalue weighted by Gasteiger charge is 2.42. The van der Waals surface area contributed by atoms with Gasteiger partial charge in [0.1, 0.15) is 11.3 Å². The number of alkyl halides is 3. The first-order valence-electron chi connectivity index (χ1n) is 9.70. The average Bonchev–Trinajstić information content (AvgIpc) is 3.05.